The Bertz CT molecular complexity index is 877. The molecule has 2 heterocycles. The van der Waals surface area contributed by atoms with Crippen LogP contribution >= 0.6 is 0 Å². The van der Waals surface area contributed by atoms with Gasteiger partial charge in [0.2, 0.25) is 23.6 Å². The van der Waals surface area contributed by atoms with Gasteiger partial charge >= 0.3 is 0 Å². The number of methoxy groups -OCH3 is 1. The van der Waals surface area contributed by atoms with Gasteiger partial charge in [-0.05, 0) is 30.5 Å². The molecule has 2 aliphatic heterocycles. The van der Waals surface area contributed by atoms with Crippen molar-refractivity contribution >= 4 is 23.6 Å². The molecular formula is C22H27N3O5. The first-order chi connectivity index (χ1) is 14.4. The Morgan fingerprint density at radius 1 is 1.00 bits per heavy atom. The third kappa shape index (κ3) is 3.05. The minimum Gasteiger partial charge on any atom is -0.497 e. The maximum atomic E-state index is 13.6. The predicted octanol–water partition coefficient (Wildman–Crippen LogP) is 1.24. The van der Waals surface area contributed by atoms with Crippen molar-refractivity contribution in [3.63, 3.8) is 0 Å². The van der Waals surface area contributed by atoms with Gasteiger partial charge in [-0.15, -0.1) is 0 Å². The molecular weight excluding hydrogens is 386 g/mol. The zero-order chi connectivity index (χ0) is 21.6. The van der Waals surface area contributed by atoms with Gasteiger partial charge < -0.3 is 15.4 Å². The number of nitrogens with two attached hydrogens (primary N) is 1. The highest BCUT2D eigenvalue weighted by Gasteiger charge is 2.64. The number of amides is 4. The molecule has 0 spiro atoms. The van der Waals surface area contributed by atoms with Gasteiger partial charge in [-0.2, -0.15) is 0 Å². The van der Waals surface area contributed by atoms with Crippen molar-refractivity contribution in [1.82, 2.24) is 9.80 Å². The first kappa shape index (κ1) is 20.4. The lowest BCUT2D eigenvalue weighted by Gasteiger charge is -2.35. The summed E-state index contributed by atoms with van der Waals surface area (Å²) in [4.78, 5) is 54.5. The van der Waals surface area contributed by atoms with E-state index in [0.717, 1.165) is 37.0 Å². The Balaban J connectivity index is 1.82. The normalized spacial score (nSPS) is 29.3. The fourth-order valence-corrected chi connectivity index (χ4v) is 5.36. The molecule has 1 aromatic carbocycles. The van der Waals surface area contributed by atoms with E-state index in [9.17, 15) is 19.2 Å². The van der Waals surface area contributed by atoms with Gasteiger partial charge in [-0.25, -0.2) is 0 Å². The van der Waals surface area contributed by atoms with Crippen LogP contribution in [0.3, 0.4) is 0 Å². The predicted molar refractivity (Wildman–Crippen MR) is 107 cm³/mol. The highest BCUT2D eigenvalue weighted by Crippen LogP contribution is 2.50. The van der Waals surface area contributed by atoms with Crippen molar-refractivity contribution in [1.29, 1.82) is 0 Å². The smallest absolute Gasteiger partial charge is 0.241 e. The fourth-order valence-electron chi connectivity index (χ4n) is 5.36. The molecule has 30 heavy (non-hydrogen) atoms. The summed E-state index contributed by atoms with van der Waals surface area (Å²) < 4.78 is 5.22. The standard InChI is InChI=1S/C22H27N3O5/c1-24-21(28)15-16(22(24)29)18(19(23)26)25(20(27)13-6-4-3-5-7-13)17(15)12-8-10-14(30-2)11-9-12/h8-11,13,15-18H,3-7H2,1-2H3,(H2,23,26). The minimum absolute atomic E-state index is 0.183. The molecule has 0 radical (unpaired) electrons. The third-order valence-corrected chi connectivity index (χ3v) is 6.86. The van der Waals surface area contributed by atoms with Crippen LogP contribution < -0.4 is 10.5 Å². The number of likely N-dealkylation sites (tertiary alicyclic amines) is 2. The van der Waals surface area contributed by atoms with E-state index in [0.29, 0.717) is 11.3 Å². The van der Waals surface area contributed by atoms with E-state index in [1.165, 1.54) is 11.9 Å². The Kier molecular flexibility index (Phi) is 5.26. The second kappa shape index (κ2) is 7.74. The number of ether oxygens (including phenoxy) is 1. The topological polar surface area (TPSA) is 110 Å². The second-order valence-corrected chi connectivity index (χ2v) is 8.43. The zero-order valence-corrected chi connectivity index (χ0v) is 17.2. The zero-order valence-electron chi connectivity index (χ0n) is 17.2. The van der Waals surface area contributed by atoms with Crippen molar-refractivity contribution in [3.05, 3.63) is 29.8 Å². The number of hydrogen-bond donors (Lipinski definition) is 1. The summed E-state index contributed by atoms with van der Waals surface area (Å²) in [7, 11) is 2.97. The lowest BCUT2D eigenvalue weighted by molar-refractivity contribution is -0.148. The van der Waals surface area contributed by atoms with E-state index in [4.69, 9.17) is 10.5 Å². The Morgan fingerprint density at radius 3 is 2.17 bits per heavy atom. The second-order valence-electron chi connectivity index (χ2n) is 8.43. The van der Waals surface area contributed by atoms with E-state index in [-0.39, 0.29) is 17.7 Å². The van der Waals surface area contributed by atoms with Crippen molar-refractivity contribution < 1.29 is 23.9 Å². The number of carbonyl (C=O) groups is 4. The first-order valence-corrected chi connectivity index (χ1v) is 10.4. The summed E-state index contributed by atoms with van der Waals surface area (Å²) in [6.45, 7) is 0. The van der Waals surface area contributed by atoms with E-state index >= 15 is 0 Å². The molecule has 1 saturated carbocycles. The quantitative estimate of drug-likeness (QED) is 0.747. The molecule has 2 N–H and O–H groups in total. The number of carbonyl (C=O) groups excluding carboxylic acids is 4. The molecule has 8 heteroatoms. The summed E-state index contributed by atoms with van der Waals surface area (Å²) >= 11 is 0. The van der Waals surface area contributed by atoms with Crippen LogP contribution in [0, 0.1) is 17.8 Å². The molecule has 4 rings (SSSR count). The molecule has 3 fully saturated rings. The highest BCUT2D eigenvalue weighted by atomic mass is 16.5. The molecule has 0 aromatic heterocycles. The minimum atomic E-state index is -1.13. The van der Waals surface area contributed by atoms with Crippen LogP contribution in [0.15, 0.2) is 24.3 Å². The summed E-state index contributed by atoms with van der Waals surface area (Å²) in [6.07, 6.45) is 4.47. The van der Waals surface area contributed by atoms with Crippen LogP contribution in [0.4, 0.5) is 0 Å². The van der Waals surface area contributed by atoms with Gasteiger partial charge in [0, 0.05) is 13.0 Å². The number of hydrogen-bond acceptors (Lipinski definition) is 5. The number of fused-ring (bicyclic) bond motifs is 1. The van der Waals surface area contributed by atoms with E-state index in [1.54, 1.807) is 31.4 Å². The Hall–Kier alpha value is -2.90. The summed E-state index contributed by atoms with van der Waals surface area (Å²) in [5.41, 5.74) is 6.41. The molecule has 1 aliphatic carbocycles. The Morgan fingerprint density at radius 2 is 1.60 bits per heavy atom. The summed E-state index contributed by atoms with van der Waals surface area (Å²) in [5.74, 6) is -3.11. The van der Waals surface area contributed by atoms with Crippen molar-refractivity contribution in [2.75, 3.05) is 14.2 Å². The molecule has 0 bridgehead atoms. The Labute approximate surface area is 175 Å². The number of rotatable bonds is 4. The van der Waals surface area contributed by atoms with Gasteiger partial charge in [-0.3, -0.25) is 24.1 Å². The van der Waals surface area contributed by atoms with Crippen LogP contribution in [0.25, 0.3) is 0 Å². The molecule has 8 nitrogen and oxygen atoms in total. The van der Waals surface area contributed by atoms with Gasteiger partial charge in [-0.1, -0.05) is 31.4 Å². The molecule has 3 aliphatic rings. The van der Waals surface area contributed by atoms with E-state index < -0.39 is 35.7 Å². The number of primary amides is 1. The SMILES string of the molecule is COc1ccc(C2C3C(=O)N(C)C(=O)C3C(C(N)=O)N2C(=O)C2CCCCC2)cc1. The molecule has 2 saturated heterocycles. The molecule has 1 aromatic rings. The largest absolute Gasteiger partial charge is 0.497 e. The lowest BCUT2D eigenvalue weighted by atomic mass is 9.86. The maximum absolute atomic E-state index is 13.6. The maximum Gasteiger partial charge on any atom is 0.241 e. The number of imide groups is 1. The lowest BCUT2D eigenvalue weighted by Crippen LogP contribution is -2.51. The average molecular weight is 413 g/mol. The average Bonchev–Trinajstić information content (AvgIpc) is 3.23. The van der Waals surface area contributed by atoms with E-state index in [1.807, 2.05) is 0 Å². The highest BCUT2D eigenvalue weighted by molar-refractivity contribution is 6.09. The van der Waals surface area contributed by atoms with Gasteiger partial charge in [0.15, 0.2) is 0 Å². The molecule has 4 amide bonds. The van der Waals surface area contributed by atoms with Crippen LogP contribution in [0.1, 0.15) is 43.7 Å². The number of nitrogens with zero attached hydrogens (tertiary/aromatic N) is 2. The van der Waals surface area contributed by atoms with Crippen LogP contribution in [0.5, 0.6) is 5.75 Å². The summed E-state index contributed by atoms with van der Waals surface area (Å²) in [6, 6.07) is 5.21. The van der Waals surface area contributed by atoms with Gasteiger partial charge in [0.05, 0.1) is 25.0 Å². The third-order valence-electron chi connectivity index (χ3n) is 6.86. The monoisotopic (exact) mass is 413 g/mol. The molecule has 160 valence electrons. The van der Waals surface area contributed by atoms with Crippen LogP contribution in [-0.4, -0.2) is 53.6 Å². The van der Waals surface area contributed by atoms with Crippen molar-refractivity contribution in [3.8, 4) is 5.75 Å². The summed E-state index contributed by atoms with van der Waals surface area (Å²) in [5, 5.41) is 0. The first-order valence-electron chi connectivity index (χ1n) is 10.4. The van der Waals surface area contributed by atoms with Gasteiger partial charge in [0.25, 0.3) is 0 Å². The van der Waals surface area contributed by atoms with Gasteiger partial charge in [0.1, 0.15) is 11.8 Å². The molecule has 4 atom stereocenters. The van der Waals surface area contributed by atoms with Crippen LogP contribution in [0.2, 0.25) is 0 Å². The number of benzene rings is 1. The van der Waals surface area contributed by atoms with Crippen molar-refractivity contribution in [2.24, 2.45) is 23.5 Å². The van der Waals surface area contributed by atoms with Crippen LogP contribution in [-0.2, 0) is 19.2 Å². The fraction of sp³-hybridized carbons (Fsp3) is 0.545. The molecule has 4 unspecified atom stereocenters. The van der Waals surface area contributed by atoms with Crippen molar-refractivity contribution in [2.45, 2.75) is 44.2 Å². The van der Waals surface area contributed by atoms with E-state index in [2.05, 4.69) is 0 Å².